The van der Waals surface area contributed by atoms with Gasteiger partial charge in [0.1, 0.15) is 6.26 Å². The van der Waals surface area contributed by atoms with Crippen LogP contribution in [0.4, 0.5) is 0 Å². The quantitative estimate of drug-likeness (QED) is 0.677. The molecule has 2 rings (SSSR count). The van der Waals surface area contributed by atoms with Gasteiger partial charge in [0.25, 0.3) is 0 Å². The molecular weight excluding hydrogens is 154 g/mol. The Balaban J connectivity index is 1.70. The fraction of sp³-hybridized carbons (Fsp3) is 0.625. The van der Waals surface area contributed by atoms with Gasteiger partial charge in [-0.15, -0.1) is 0 Å². The zero-order valence-corrected chi connectivity index (χ0v) is 6.86. The third kappa shape index (κ3) is 1.65. The van der Waals surface area contributed by atoms with Crippen LogP contribution in [0.2, 0.25) is 0 Å². The standard InChI is InChI=1S/C8H13N3O/c9-6-3-8(4-6)10-5-7-1-2-12-11-7/h1-2,6,8,10H,3-5,9H2. The van der Waals surface area contributed by atoms with Crippen LogP contribution in [0.1, 0.15) is 18.5 Å². The van der Waals surface area contributed by atoms with Gasteiger partial charge in [-0.3, -0.25) is 0 Å². The summed E-state index contributed by atoms with van der Waals surface area (Å²) in [5.41, 5.74) is 6.60. The first-order valence-electron chi connectivity index (χ1n) is 4.23. The predicted octanol–water partition coefficient (Wildman–Crippen LogP) is 0.254. The Morgan fingerprint density at radius 3 is 3.08 bits per heavy atom. The minimum absolute atomic E-state index is 0.403. The van der Waals surface area contributed by atoms with E-state index in [2.05, 4.69) is 10.5 Å². The summed E-state index contributed by atoms with van der Waals surface area (Å²) in [6.45, 7) is 0.786. The van der Waals surface area contributed by atoms with Crippen molar-refractivity contribution in [1.29, 1.82) is 0 Å². The summed E-state index contributed by atoms with van der Waals surface area (Å²) >= 11 is 0. The Labute approximate surface area is 71.1 Å². The zero-order valence-electron chi connectivity index (χ0n) is 6.86. The normalized spacial score (nSPS) is 28.4. The average molecular weight is 167 g/mol. The van der Waals surface area contributed by atoms with E-state index in [4.69, 9.17) is 10.3 Å². The molecule has 0 saturated heterocycles. The molecule has 1 aliphatic carbocycles. The number of rotatable bonds is 3. The molecule has 0 spiro atoms. The number of aromatic nitrogens is 1. The van der Waals surface area contributed by atoms with Gasteiger partial charge < -0.3 is 15.6 Å². The van der Waals surface area contributed by atoms with E-state index in [1.807, 2.05) is 6.07 Å². The largest absolute Gasteiger partial charge is 0.364 e. The third-order valence-electron chi connectivity index (χ3n) is 2.24. The maximum atomic E-state index is 5.64. The molecule has 4 nitrogen and oxygen atoms in total. The molecule has 66 valence electrons. The van der Waals surface area contributed by atoms with Crippen molar-refractivity contribution >= 4 is 0 Å². The number of nitrogens with two attached hydrogens (primary N) is 1. The first kappa shape index (κ1) is 7.76. The Morgan fingerprint density at radius 2 is 2.50 bits per heavy atom. The molecule has 0 atom stereocenters. The van der Waals surface area contributed by atoms with Crippen molar-refractivity contribution < 1.29 is 4.52 Å². The summed E-state index contributed by atoms with van der Waals surface area (Å²) in [5.74, 6) is 0. The van der Waals surface area contributed by atoms with Gasteiger partial charge >= 0.3 is 0 Å². The van der Waals surface area contributed by atoms with E-state index < -0.39 is 0 Å². The maximum Gasteiger partial charge on any atom is 0.124 e. The summed E-state index contributed by atoms with van der Waals surface area (Å²) < 4.78 is 4.70. The van der Waals surface area contributed by atoms with E-state index in [9.17, 15) is 0 Å². The Hall–Kier alpha value is -0.870. The fourth-order valence-corrected chi connectivity index (χ4v) is 1.41. The van der Waals surface area contributed by atoms with Crippen molar-refractivity contribution in [3.63, 3.8) is 0 Å². The molecule has 1 saturated carbocycles. The van der Waals surface area contributed by atoms with Gasteiger partial charge in [-0.2, -0.15) is 0 Å². The molecule has 1 aromatic heterocycles. The number of hydrogen-bond acceptors (Lipinski definition) is 4. The third-order valence-corrected chi connectivity index (χ3v) is 2.24. The zero-order chi connectivity index (χ0) is 8.39. The summed E-state index contributed by atoms with van der Waals surface area (Å²) in [6.07, 6.45) is 3.75. The summed E-state index contributed by atoms with van der Waals surface area (Å²) in [7, 11) is 0. The van der Waals surface area contributed by atoms with Crippen LogP contribution >= 0.6 is 0 Å². The Kier molecular flexibility index (Phi) is 2.10. The van der Waals surface area contributed by atoms with Gasteiger partial charge in [0, 0.05) is 24.7 Å². The van der Waals surface area contributed by atoms with Crippen molar-refractivity contribution in [2.45, 2.75) is 31.5 Å². The average Bonchev–Trinajstić information content (AvgIpc) is 2.47. The van der Waals surface area contributed by atoms with Crippen molar-refractivity contribution in [3.05, 3.63) is 18.0 Å². The molecule has 12 heavy (non-hydrogen) atoms. The van der Waals surface area contributed by atoms with Gasteiger partial charge in [-0.1, -0.05) is 5.16 Å². The second-order valence-corrected chi connectivity index (χ2v) is 3.30. The maximum absolute atomic E-state index is 5.64. The first-order chi connectivity index (χ1) is 5.84. The van der Waals surface area contributed by atoms with Crippen molar-refractivity contribution in [2.75, 3.05) is 0 Å². The monoisotopic (exact) mass is 167 g/mol. The van der Waals surface area contributed by atoms with E-state index >= 15 is 0 Å². The molecule has 0 bridgehead atoms. The van der Waals surface area contributed by atoms with E-state index in [1.54, 1.807) is 6.26 Å². The van der Waals surface area contributed by atoms with Crippen molar-refractivity contribution in [2.24, 2.45) is 5.73 Å². The molecule has 0 unspecified atom stereocenters. The van der Waals surface area contributed by atoms with Gasteiger partial charge in [-0.05, 0) is 12.8 Å². The fourth-order valence-electron chi connectivity index (χ4n) is 1.41. The highest BCUT2D eigenvalue weighted by Crippen LogP contribution is 2.17. The summed E-state index contributed by atoms with van der Waals surface area (Å²) in [5, 5.41) is 7.15. The highest BCUT2D eigenvalue weighted by atomic mass is 16.5. The minimum atomic E-state index is 0.403. The highest BCUT2D eigenvalue weighted by molar-refractivity contribution is 4.96. The predicted molar refractivity (Wildman–Crippen MR) is 44.3 cm³/mol. The van der Waals surface area contributed by atoms with Crippen LogP contribution in [0, 0.1) is 0 Å². The Bertz CT molecular complexity index is 228. The molecule has 1 aliphatic rings. The number of hydrogen-bond donors (Lipinski definition) is 2. The van der Waals surface area contributed by atoms with E-state index in [-0.39, 0.29) is 0 Å². The first-order valence-corrected chi connectivity index (χ1v) is 4.23. The molecule has 1 aromatic rings. The lowest BCUT2D eigenvalue weighted by Crippen LogP contribution is -2.48. The van der Waals surface area contributed by atoms with Gasteiger partial charge in [-0.25, -0.2) is 0 Å². The minimum Gasteiger partial charge on any atom is -0.364 e. The molecule has 0 aromatic carbocycles. The molecule has 4 heteroatoms. The van der Waals surface area contributed by atoms with Crippen LogP contribution in [0.15, 0.2) is 16.9 Å². The second-order valence-electron chi connectivity index (χ2n) is 3.30. The van der Waals surface area contributed by atoms with Crippen LogP contribution in [-0.2, 0) is 6.54 Å². The van der Waals surface area contributed by atoms with Crippen LogP contribution in [0.5, 0.6) is 0 Å². The van der Waals surface area contributed by atoms with Crippen LogP contribution in [0.25, 0.3) is 0 Å². The second kappa shape index (κ2) is 3.25. The van der Waals surface area contributed by atoms with Crippen molar-refractivity contribution in [3.8, 4) is 0 Å². The molecule has 0 amide bonds. The lowest BCUT2D eigenvalue weighted by atomic mass is 9.88. The van der Waals surface area contributed by atoms with E-state index in [0.29, 0.717) is 12.1 Å². The summed E-state index contributed by atoms with van der Waals surface area (Å²) in [6, 6.07) is 2.85. The Morgan fingerprint density at radius 1 is 1.67 bits per heavy atom. The number of nitrogens with zero attached hydrogens (tertiary/aromatic N) is 1. The lowest BCUT2D eigenvalue weighted by molar-refractivity contribution is 0.287. The van der Waals surface area contributed by atoms with E-state index in [1.165, 1.54) is 0 Å². The van der Waals surface area contributed by atoms with Gasteiger partial charge in [0.05, 0.1) is 5.69 Å². The molecule has 0 aliphatic heterocycles. The number of nitrogens with one attached hydrogen (secondary N) is 1. The smallest absolute Gasteiger partial charge is 0.124 e. The molecular formula is C8H13N3O. The topological polar surface area (TPSA) is 64.1 Å². The lowest BCUT2D eigenvalue weighted by Gasteiger charge is -2.32. The van der Waals surface area contributed by atoms with Gasteiger partial charge in [0.2, 0.25) is 0 Å². The molecule has 1 heterocycles. The summed E-state index contributed by atoms with van der Waals surface area (Å²) in [4.78, 5) is 0. The molecule has 1 fully saturated rings. The van der Waals surface area contributed by atoms with Crippen molar-refractivity contribution in [1.82, 2.24) is 10.5 Å². The van der Waals surface area contributed by atoms with Crippen LogP contribution in [0.3, 0.4) is 0 Å². The molecule has 0 radical (unpaired) electrons. The van der Waals surface area contributed by atoms with Crippen LogP contribution in [-0.4, -0.2) is 17.2 Å². The molecule has 3 N–H and O–H groups in total. The highest BCUT2D eigenvalue weighted by Gasteiger charge is 2.24. The SMILES string of the molecule is NC1CC(NCc2ccon2)C1. The van der Waals surface area contributed by atoms with Crippen LogP contribution < -0.4 is 11.1 Å². The van der Waals surface area contributed by atoms with E-state index in [0.717, 1.165) is 25.1 Å². The van der Waals surface area contributed by atoms with Gasteiger partial charge in [0.15, 0.2) is 0 Å².